The van der Waals surface area contributed by atoms with Crippen LogP contribution < -0.4 is 0 Å². The van der Waals surface area contributed by atoms with Gasteiger partial charge in [-0.25, -0.2) is 0 Å². The highest BCUT2D eigenvalue weighted by Crippen LogP contribution is 2.65. The fraction of sp³-hybridized carbons (Fsp3) is 0.759. The summed E-state index contributed by atoms with van der Waals surface area (Å²) < 4.78 is 12.4. The molecule has 8 heteroatoms. The van der Waals surface area contributed by atoms with Crippen molar-refractivity contribution in [1.29, 1.82) is 0 Å². The largest absolute Gasteiger partial charge is 0.465 e. The second kappa shape index (κ2) is 12.1. The summed E-state index contributed by atoms with van der Waals surface area (Å²) in [5.41, 5.74) is -2.04. The van der Waals surface area contributed by atoms with E-state index in [0.717, 1.165) is 25.7 Å². The predicted molar refractivity (Wildman–Crippen MR) is 141 cm³/mol. The maximum absolute atomic E-state index is 14.2. The van der Waals surface area contributed by atoms with Gasteiger partial charge in [0.1, 0.15) is 17.6 Å². The molecule has 3 saturated heterocycles. The van der Waals surface area contributed by atoms with Crippen LogP contribution in [0.25, 0.3) is 0 Å². The normalized spacial score (nSPS) is 32.8. The smallest absolute Gasteiger partial charge is 0.312 e. The lowest BCUT2D eigenvalue weighted by molar-refractivity contribution is -0.163. The summed E-state index contributed by atoms with van der Waals surface area (Å²) in [5.74, 6) is -2.61. The summed E-state index contributed by atoms with van der Waals surface area (Å²) in [6, 6.07) is -1.45. The van der Waals surface area contributed by atoms with E-state index >= 15 is 0 Å². The van der Waals surface area contributed by atoms with Crippen LogP contribution in [0.2, 0.25) is 0 Å². The Kier molecular flexibility index (Phi) is 9.62. The van der Waals surface area contributed by atoms with Gasteiger partial charge in [-0.3, -0.25) is 14.4 Å². The summed E-state index contributed by atoms with van der Waals surface area (Å²) in [6.07, 6.45) is 8.68. The predicted octanol–water partition coefficient (Wildman–Crippen LogP) is 3.48. The molecule has 0 radical (unpaired) electrons. The quantitative estimate of drug-likeness (QED) is 0.203. The zero-order chi connectivity index (χ0) is 27.4. The van der Waals surface area contributed by atoms with Crippen molar-refractivity contribution in [3.8, 4) is 0 Å². The maximum Gasteiger partial charge on any atom is 0.312 e. The molecule has 37 heavy (non-hydrogen) atoms. The van der Waals surface area contributed by atoms with Crippen LogP contribution in [0.1, 0.15) is 72.6 Å². The molecule has 0 aromatic heterocycles. The van der Waals surface area contributed by atoms with Gasteiger partial charge >= 0.3 is 5.97 Å². The Morgan fingerprint density at radius 3 is 2.59 bits per heavy atom. The number of esters is 1. The number of rotatable bonds is 15. The number of nitrogens with zero attached hydrogens (tertiary/aromatic N) is 2. The molecule has 1 spiro atoms. The van der Waals surface area contributed by atoms with E-state index in [-0.39, 0.29) is 30.9 Å². The average Bonchev–Trinajstić information content (AvgIpc) is 3.39. The lowest BCUT2D eigenvalue weighted by Crippen LogP contribution is -2.59. The van der Waals surface area contributed by atoms with E-state index in [9.17, 15) is 19.5 Å². The van der Waals surface area contributed by atoms with Gasteiger partial charge in [-0.1, -0.05) is 39.3 Å². The summed E-state index contributed by atoms with van der Waals surface area (Å²) in [7, 11) is 0. The van der Waals surface area contributed by atoms with Gasteiger partial charge in [0.25, 0.3) is 0 Å². The van der Waals surface area contributed by atoms with Gasteiger partial charge in [0.15, 0.2) is 0 Å². The van der Waals surface area contributed by atoms with E-state index in [1.165, 1.54) is 4.90 Å². The second-order valence-corrected chi connectivity index (χ2v) is 11.1. The molecule has 0 aromatic rings. The molecule has 3 unspecified atom stereocenters. The number of unbranched alkanes of at least 4 members (excludes halogenated alkanes) is 3. The zero-order valence-electron chi connectivity index (χ0n) is 23.1. The standard InChI is InChI=1S/C29H46N2O6/c1-7-11-13-14-17-36-27(35)23-22-25(33)31(21(10-4)19-32)24(26(34)30(15-9-3)16-12-8-2)29(22)18-20(5)28(23,6)37-29/h7,9,20-24,32H,1,3,8,10-19H2,2,4-6H3/t20?,21-,22-,23+,24?,28-,29?/m0/s1. The van der Waals surface area contributed by atoms with Gasteiger partial charge in [0.2, 0.25) is 11.8 Å². The summed E-state index contributed by atoms with van der Waals surface area (Å²) >= 11 is 0. The number of fused-ring (bicyclic) bond motifs is 1. The third-order valence-electron chi connectivity index (χ3n) is 8.81. The first-order valence-corrected chi connectivity index (χ1v) is 14.0. The van der Waals surface area contributed by atoms with Gasteiger partial charge in [-0.05, 0) is 51.4 Å². The first-order chi connectivity index (χ1) is 17.7. The Bertz CT molecular complexity index is 872. The van der Waals surface area contributed by atoms with Gasteiger partial charge in [0.05, 0.1) is 30.8 Å². The van der Waals surface area contributed by atoms with Crippen molar-refractivity contribution in [1.82, 2.24) is 9.80 Å². The minimum atomic E-state index is -1.14. The van der Waals surface area contributed by atoms with E-state index < -0.39 is 41.1 Å². The number of aliphatic hydroxyl groups is 1. The van der Waals surface area contributed by atoms with Crippen LogP contribution in [-0.2, 0) is 23.9 Å². The molecule has 8 nitrogen and oxygen atoms in total. The van der Waals surface area contributed by atoms with E-state index in [1.807, 2.05) is 26.8 Å². The minimum absolute atomic E-state index is 0.0529. The van der Waals surface area contributed by atoms with Crippen LogP contribution >= 0.6 is 0 Å². The van der Waals surface area contributed by atoms with Crippen LogP contribution in [0.5, 0.6) is 0 Å². The van der Waals surface area contributed by atoms with Gasteiger partial charge in [0, 0.05) is 13.1 Å². The Morgan fingerprint density at radius 1 is 1.27 bits per heavy atom. The number of allylic oxidation sites excluding steroid dienone is 1. The van der Waals surface area contributed by atoms with Crippen LogP contribution in [0.15, 0.2) is 25.3 Å². The Labute approximate surface area is 222 Å². The van der Waals surface area contributed by atoms with Crippen LogP contribution in [0.4, 0.5) is 0 Å². The molecule has 2 bridgehead atoms. The number of carbonyl (C=O) groups excluding carboxylic acids is 3. The molecule has 208 valence electrons. The first-order valence-electron chi connectivity index (χ1n) is 14.0. The third-order valence-corrected chi connectivity index (χ3v) is 8.81. The first kappa shape index (κ1) is 29.4. The van der Waals surface area contributed by atoms with Crippen LogP contribution in [0.3, 0.4) is 0 Å². The maximum atomic E-state index is 14.2. The van der Waals surface area contributed by atoms with E-state index in [0.29, 0.717) is 32.4 Å². The molecule has 0 saturated carbocycles. The van der Waals surface area contributed by atoms with Crippen molar-refractivity contribution in [3.05, 3.63) is 25.3 Å². The third kappa shape index (κ3) is 4.99. The lowest BCUT2D eigenvalue weighted by Gasteiger charge is -2.39. The molecule has 0 aliphatic carbocycles. The van der Waals surface area contributed by atoms with Crippen molar-refractivity contribution in [2.24, 2.45) is 17.8 Å². The van der Waals surface area contributed by atoms with Crippen molar-refractivity contribution in [2.75, 3.05) is 26.3 Å². The fourth-order valence-electron chi connectivity index (χ4n) is 6.74. The van der Waals surface area contributed by atoms with Crippen molar-refractivity contribution >= 4 is 17.8 Å². The van der Waals surface area contributed by atoms with Gasteiger partial charge in [-0.15, -0.1) is 13.2 Å². The molecular weight excluding hydrogens is 472 g/mol. The summed E-state index contributed by atoms with van der Waals surface area (Å²) in [4.78, 5) is 45.2. The molecule has 7 atom stereocenters. The number of hydrogen-bond acceptors (Lipinski definition) is 6. The molecule has 3 rings (SSSR count). The molecule has 1 N–H and O–H groups in total. The van der Waals surface area contributed by atoms with Crippen LogP contribution in [0, 0.1) is 17.8 Å². The number of aliphatic hydroxyl groups excluding tert-OH is 1. The van der Waals surface area contributed by atoms with Crippen LogP contribution in [-0.4, -0.2) is 82.3 Å². The van der Waals surface area contributed by atoms with Crippen molar-refractivity contribution < 1.29 is 29.0 Å². The number of amides is 2. The summed E-state index contributed by atoms with van der Waals surface area (Å²) in [5, 5.41) is 10.2. The summed E-state index contributed by atoms with van der Waals surface area (Å²) in [6.45, 7) is 16.3. The van der Waals surface area contributed by atoms with Crippen molar-refractivity contribution in [3.63, 3.8) is 0 Å². The molecule has 3 heterocycles. The highest BCUT2D eigenvalue weighted by molar-refractivity contribution is 5.98. The molecule has 0 aromatic carbocycles. The SMILES string of the molecule is C=CCCCCOC(=O)[C@H]1[C@H]2C(=O)N([C@@H](CC)CO)C(C(=O)N(CC=C)CCCC)C23CC(C)[C@]1(C)O3. The number of likely N-dealkylation sites (tertiary alicyclic amines) is 1. The molecule has 3 aliphatic rings. The lowest BCUT2D eigenvalue weighted by atomic mass is 9.62. The second-order valence-electron chi connectivity index (χ2n) is 11.1. The monoisotopic (exact) mass is 518 g/mol. The fourth-order valence-corrected chi connectivity index (χ4v) is 6.74. The molecule has 2 amide bonds. The topological polar surface area (TPSA) is 96.4 Å². The Balaban J connectivity index is 2.02. The number of hydrogen-bond donors (Lipinski definition) is 1. The highest BCUT2D eigenvalue weighted by Gasteiger charge is 2.80. The van der Waals surface area contributed by atoms with Crippen molar-refractivity contribution in [2.45, 2.75) is 95.9 Å². The average molecular weight is 519 g/mol. The highest BCUT2D eigenvalue weighted by atomic mass is 16.6. The Hall–Kier alpha value is -2.19. The number of ether oxygens (including phenoxy) is 2. The molecule has 3 aliphatic heterocycles. The van der Waals surface area contributed by atoms with E-state index in [4.69, 9.17) is 9.47 Å². The minimum Gasteiger partial charge on any atom is -0.465 e. The van der Waals surface area contributed by atoms with E-state index in [2.05, 4.69) is 20.1 Å². The van der Waals surface area contributed by atoms with Gasteiger partial charge < -0.3 is 24.4 Å². The van der Waals surface area contributed by atoms with Gasteiger partial charge in [-0.2, -0.15) is 0 Å². The molecular formula is C29H46N2O6. The zero-order valence-corrected chi connectivity index (χ0v) is 23.1. The van der Waals surface area contributed by atoms with E-state index in [1.54, 1.807) is 11.0 Å². The number of carbonyl (C=O) groups is 3. The molecule has 3 fully saturated rings. The Morgan fingerprint density at radius 2 is 2.00 bits per heavy atom.